The topological polar surface area (TPSA) is 33.7 Å². The van der Waals surface area contributed by atoms with Crippen molar-refractivity contribution in [3.63, 3.8) is 0 Å². The summed E-state index contributed by atoms with van der Waals surface area (Å²) in [5.41, 5.74) is 1.32. The minimum absolute atomic E-state index is 0.746. The maximum atomic E-state index is 5.83. The number of nitrogens with zero attached hydrogens (tertiary/aromatic N) is 1. The molecule has 0 saturated carbocycles. The lowest BCUT2D eigenvalue weighted by molar-refractivity contribution is 0.0322. The summed E-state index contributed by atoms with van der Waals surface area (Å²) >= 11 is 0. The molecule has 0 aliphatic carbocycles. The molecule has 0 radical (unpaired) electrons. The predicted octanol–water partition coefficient (Wildman–Crippen LogP) is 1.16. The Morgan fingerprint density at radius 2 is 2.16 bits per heavy atom. The summed E-state index contributed by atoms with van der Waals surface area (Å²) in [5, 5.41) is 3.16. The van der Waals surface area contributed by atoms with Gasteiger partial charge in [0.1, 0.15) is 12.4 Å². The minimum Gasteiger partial charge on any atom is -0.492 e. The first kappa shape index (κ1) is 14.3. The summed E-state index contributed by atoms with van der Waals surface area (Å²) in [6.45, 7) is 6.45. The van der Waals surface area contributed by atoms with Gasteiger partial charge in [-0.15, -0.1) is 0 Å². The highest BCUT2D eigenvalue weighted by Gasteiger charge is 2.09. The minimum atomic E-state index is 0.746. The fourth-order valence-corrected chi connectivity index (χ4v) is 2.18. The molecule has 0 amide bonds. The van der Waals surface area contributed by atoms with Crippen molar-refractivity contribution < 1.29 is 9.47 Å². The number of rotatable bonds is 7. The first-order valence-corrected chi connectivity index (χ1v) is 7.05. The van der Waals surface area contributed by atoms with E-state index >= 15 is 0 Å². The molecule has 0 spiro atoms. The van der Waals surface area contributed by atoms with E-state index < -0.39 is 0 Å². The third-order valence-corrected chi connectivity index (χ3v) is 3.34. The standard InChI is InChI=1S/C15H24N2O2/c1-16-6-5-14-3-2-4-15(13-14)19-12-9-17-7-10-18-11-8-17/h2-4,13,16H,5-12H2,1H3. The molecular formula is C15H24N2O2. The third-order valence-electron chi connectivity index (χ3n) is 3.34. The van der Waals surface area contributed by atoms with Gasteiger partial charge in [0.15, 0.2) is 0 Å². The molecule has 1 aliphatic heterocycles. The molecule has 1 aromatic rings. The molecule has 1 saturated heterocycles. The highest BCUT2D eigenvalue weighted by atomic mass is 16.5. The predicted molar refractivity (Wildman–Crippen MR) is 76.8 cm³/mol. The smallest absolute Gasteiger partial charge is 0.119 e. The van der Waals surface area contributed by atoms with Gasteiger partial charge in [0.2, 0.25) is 0 Å². The molecule has 1 aliphatic rings. The van der Waals surface area contributed by atoms with Crippen LogP contribution in [0.1, 0.15) is 5.56 Å². The van der Waals surface area contributed by atoms with Gasteiger partial charge in [-0.05, 0) is 37.7 Å². The first-order valence-electron chi connectivity index (χ1n) is 7.05. The molecule has 1 aromatic carbocycles. The zero-order valence-corrected chi connectivity index (χ0v) is 11.7. The number of ether oxygens (including phenoxy) is 2. The molecule has 1 N–H and O–H groups in total. The van der Waals surface area contributed by atoms with Crippen molar-refractivity contribution in [2.45, 2.75) is 6.42 Å². The summed E-state index contributed by atoms with van der Waals surface area (Å²) in [6, 6.07) is 8.38. The van der Waals surface area contributed by atoms with Gasteiger partial charge < -0.3 is 14.8 Å². The van der Waals surface area contributed by atoms with E-state index in [0.717, 1.165) is 58.2 Å². The van der Waals surface area contributed by atoms with E-state index in [1.54, 1.807) is 0 Å². The van der Waals surface area contributed by atoms with E-state index in [1.807, 2.05) is 13.1 Å². The Balaban J connectivity index is 1.72. The van der Waals surface area contributed by atoms with Crippen LogP contribution in [0, 0.1) is 0 Å². The Labute approximate surface area is 115 Å². The summed E-state index contributed by atoms with van der Waals surface area (Å²) in [4.78, 5) is 2.38. The first-order chi connectivity index (χ1) is 9.38. The highest BCUT2D eigenvalue weighted by molar-refractivity contribution is 5.28. The number of benzene rings is 1. The van der Waals surface area contributed by atoms with Crippen molar-refractivity contribution in [1.82, 2.24) is 10.2 Å². The lowest BCUT2D eigenvalue weighted by Crippen LogP contribution is -2.38. The van der Waals surface area contributed by atoms with Crippen LogP contribution in [0.5, 0.6) is 5.75 Å². The zero-order valence-electron chi connectivity index (χ0n) is 11.7. The second kappa shape index (κ2) is 8.15. The van der Waals surface area contributed by atoms with Crippen LogP contribution in [0.25, 0.3) is 0 Å². The van der Waals surface area contributed by atoms with Crippen LogP contribution in [0.3, 0.4) is 0 Å². The van der Waals surface area contributed by atoms with Crippen LogP contribution in [-0.4, -0.2) is 57.9 Å². The van der Waals surface area contributed by atoms with Crippen molar-refractivity contribution >= 4 is 0 Å². The average molecular weight is 264 g/mol. The van der Waals surface area contributed by atoms with Gasteiger partial charge in [0.25, 0.3) is 0 Å². The Morgan fingerprint density at radius 1 is 1.32 bits per heavy atom. The van der Waals surface area contributed by atoms with Crippen LogP contribution in [-0.2, 0) is 11.2 Å². The van der Waals surface area contributed by atoms with Crippen molar-refractivity contribution in [1.29, 1.82) is 0 Å². The van der Waals surface area contributed by atoms with E-state index in [1.165, 1.54) is 5.56 Å². The normalized spacial score (nSPS) is 16.5. The lowest BCUT2D eigenvalue weighted by Gasteiger charge is -2.26. The van der Waals surface area contributed by atoms with Crippen LogP contribution in [0.15, 0.2) is 24.3 Å². The van der Waals surface area contributed by atoms with Crippen LogP contribution in [0.2, 0.25) is 0 Å². The van der Waals surface area contributed by atoms with E-state index in [9.17, 15) is 0 Å². The quantitative estimate of drug-likeness (QED) is 0.801. The Morgan fingerprint density at radius 3 is 2.95 bits per heavy atom. The Bertz CT molecular complexity index is 365. The molecular weight excluding hydrogens is 240 g/mol. The number of likely N-dealkylation sites (N-methyl/N-ethyl adjacent to an activating group) is 1. The maximum Gasteiger partial charge on any atom is 0.119 e. The summed E-state index contributed by atoms with van der Waals surface area (Å²) < 4.78 is 11.2. The Hall–Kier alpha value is -1.10. The summed E-state index contributed by atoms with van der Waals surface area (Å²) in [5.74, 6) is 0.974. The average Bonchev–Trinajstić information content (AvgIpc) is 2.47. The van der Waals surface area contributed by atoms with Crippen LogP contribution >= 0.6 is 0 Å². The second-order valence-electron chi connectivity index (χ2n) is 4.80. The van der Waals surface area contributed by atoms with E-state index in [0.29, 0.717) is 0 Å². The molecule has 19 heavy (non-hydrogen) atoms. The van der Waals surface area contributed by atoms with Crippen molar-refractivity contribution in [3.05, 3.63) is 29.8 Å². The largest absolute Gasteiger partial charge is 0.492 e. The van der Waals surface area contributed by atoms with Gasteiger partial charge in [-0.1, -0.05) is 12.1 Å². The maximum absolute atomic E-state index is 5.83. The van der Waals surface area contributed by atoms with Gasteiger partial charge in [0, 0.05) is 19.6 Å². The zero-order chi connectivity index (χ0) is 13.3. The van der Waals surface area contributed by atoms with E-state index in [4.69, 9.17) is 9.47 Å². The molecule has 0 aromatic heterocycles. The second-order valence-corrected chi connectivity index (χ2v) is 4.80. The molecule has 1 fully saturated rings. The number of nitrogens with one attached hydrogen (secondary N) is 1. The van der Waals surface area contributed by atoms with E-state index in [2.05, 4.69) is 28.4 Å². The molecule has 0 bridgehead atoms. The van der Waals surface area contributed by atoms with Crippen molar-refractivity contribution in [3.8, 4) is 5.75 Å². The van der Waals surface area contributed by atoms with Crippen molar-refractivity contribution in [2.75, 3.05) is 53.0 Å². The highest BCUT2D eigenvalue weighted by Crippen LogP contribution is 2.13. The van der Waals surface area contributed by atoms with Crippen molar-refractivity contribution in [2.24, 2.45) is 0 Å². The summed E-state index contributed by atoms with van der Waals surface area (Å²) in [7, 11) is 1.97. The lowest BCUT2D eigenvalue weighted by atomic mass is 10.1. The van der Waals surface area contributed by atoms with Gasteiger partial charge in [-0.2, -0.15) is 0 Å². The van der Waals surface area contributed by atoms with Gasteiger partial charge in [0.05, 0.1) is 13.2 Å². The fourth-order valence-electron chi connectivity index (χ4n) is 2.18. The SMILES string of the molecule is CNCCc1cccc(OCCN2CCOCC2)c1. The Kier molecular flexibility index (Phi) is 6.14. The fraction of sp³-hybridized carbons (Fsp3) is 0.600. The molecule has 2 rings (SSSR count). The number of hydrogen-bond donors (Lipinski definition) is 1. The third kappa shape index (κ3) is 5.19. The number of morpholine rings is 1. The number of hydrogen-bond acceptors (Lipinski definition) is 4. The molecule has 106 valence electrons. The van der Waals surface area contributed by atoms with Crippen LogP contribution in [0.4, 0.5) is 0 Å². The monoisotopic (exact) mass is 264 g/mol. The summed E-state index contributed by atoms with van der Waals surface area (Å²) in [6.07, 6.45) is 1.04. The molecule has 0 atom stereocenters. The molecule has 4 heteroatoms. The van der Waals surface area contributed by atoms with Gasteiger partial charge in [-0.3, -0.25) is 4.90 Å². The van der Waals surface area contributed by atoms with Crippen LogP contribution < -0.4 is 10.1 Å². The van der Waals surface area contributed by atoms with Gasteiger partial charge in [-0.25, -0.2) is 0 Å². The molecule has 4 nitrogen and oxygen atoms in total. The molecule has 0 unspecified atom stereocenters. The van der Waals surface area contributed by atoms with E-state index in [-0.39, 0.29) is 0 Å². The molecule has 1 heterocycles. The van der Waals surface area contributed by atoms with Gasteiger partial charge >= 0.3 is 0 Å².